The number of aliphatic hydroxyl groups excluding tert-OH is 1. The van der Waals surface area contributed by atoms with Crippen LogP contribution in [-0.2, 0) is 0 Å². The van der Waals surface area contributed by atoms with Crippen LogP contribution < -0.4 is 10.6 Å². The maximum absolute atomic E-state index is 13.7. The van der Waals surface area contributed by atoms with Gasteiger partial charge in [0.15, 0.2) is 11.7 Å². The molecule has 2 aromatic heterocycles. The number of fused-ring (bicyclic) bond motifs is 1. The van der Waals surface area contributed by atoms with Crippen LogP contribution in [0.25, 0.3) is 0 Å². The van der Waals surface area contributed by atoms with Gasteiger partial charge in [-0.15, -0.1) is 0 Å². The molecule has 7 nitrogen and oxygen atoms in total. The van der Waals surface area contributed by atoms with Gasteiger partial charge in [0.25, 0.3) is 5.91 Å². The maximum Gasteiger partial charge on any atom is 0.410 e. The number of aromatic nitrogens is 2. The van der Waals surface area contributed by atoms with E-state index in [9.17, 15) is 23.1 Å². The normalized spacial score (nSPS) is 19.6. The standard InChI is InChI=1S/C20H19F3N4O3/c1-11(28)12-4-6-13(7-5-12)24-19(29)15-10-18-25-14(16-3-2-8-30-16)9-17(20(21,22)23)27(18)26-15/h2-8,10-11,14,17,25,28H,9H2,1H3,(H,24,29)/t11-,14+,17+/m0/s1. The fourth-order valence-electron chi connectivity index (χ4n) is 3.40. The van der Waals surface area contributed by atoms with E-state index in [2.05, 4.69) is 15.7 Å². The summed E-state index contributed by atoms with van der Waals surface area (Å²) in [6.45, 7) is 1.61. The van der Waals surface area contributed by atoms with Gasteiger partial charge in [-0.1, -0.05) is 12.1 Å². The molecule has 10 heteroatoms. The summed E-state index contributed by atoms with van der Waals surface area (Å²) in [5.41, 5.74) is 0.960. The van der Waals surface area contributed by atoms with Crippen LogP contribution in [0.3, 0.4) is 0 Å². The third-order valence-electron chi connectivity index (χ3n) is 4.96. The van der Waals surface area contributed by atoms with Gasteiger partial charge in [0, 0.05) is 18.2 Å². The van der Waals surface area contributed by atoms with Crippen molar-refractivity contribution in [3.63, 3.8) is 0 Å². The van der Waals surface area contributed by atoms with Crippen LogP contribution in [0.5, 0.6) is 0 Å². The number of carbonyl (C=O) groups excluding carboxylic acids is 1. The minimum atomic E-state index is -4.54. The Balaban J connectivity index is 1.59. The Hall–Kier alpha value is -3.27. The first-order valence-electron chi connectivity index (χ1n) is 9.28. The summed E-state index contributed by atoms with van der Waals surface area (Å²) < 4.78 is 47.0. The third kappa shape index (κ3) is 3.90. The predicted molar refractivity (Wildman–Crippen MR) is 102 cm³/mol. The van der Waals surface area contributed by atoms with Crippen molar-refractivity contribution in [3.8, 4) is 0 Å². The molecular weight excluding hydrogens is 401 g/mol. The molecule has 3 heterocycles. The molecule has 0 spiro atoms. The van der Waals surface area contributed by atoms with Crippen LogP contribution in [-0.4, -0.2) is 27.0 Å². The third-order valence-corrected chi connectivity index (χ3v) is 4.96. The summed E-state index contributed by atoms with van der Waals surface area (Å²) in [5, 5.41) is 19.0. The lowest BCUT2D eigenvalue weighted by molar-refractivity contribution is -0.174. The van der Waals surface area contributed by atoms with E-state index in [1.165, 1.54) is 12.3 Å². The molecule has 30 heavy (non-hydrogen) atoms. The topological polar surface area (TPSA) is 92.3 Å². The van der Waals surface area contributed by atoms with E-state index in [4.69, 9.17) is 4.42 Å². The van der Waals surface area contributed by atoms with Gasteiger partial charge in [-0.25, -0.2) is 4.68 Å². The van der Waals surface area contributed by atoms with E-state index in [-0.39, 0.29) is 17.9 Å². The fraction of sp³-hybridized carbons (Fsp3) is 0.300. The van der Waals surface area contributed by atoms with E-state index in [1.54, 1.807) is 43.3 Å². The van der Waals surface area contributed by atoms with E-state index >= 15 is 0 Å². The maximum atomic E-state index is 13.7. The predicted octanol–water partition coefficient (Wildman–Crippen LogP) is 4.44. The molecule has 3 N–H and O–H groups in total. The lowest BCUT2D eigenvalue weighted by Gasteiger charge is -2.32. The highest BCUT2D eigenvalue weighted by molar-refractivity contribution is 6.03. The summed E-state index contributed by atoms with van der Waals surface area (Å²) >= 11 is 0. The molecule has 0 saturated heterocycles. The Morgan fingerprint density at radius 2 is 2.07 bits per heavy atom. The van der Waals surface area contributed by atoms with E-state index < -0.39 is 30.3 Å². The van der Waals surface area contributed by atoms with Crippen molar-refractivity contribution in [1.29, 1.82) is 0 Å². The van der Waals surface area contributed by atoms with Crippen molar-refractivity contribution in [2.45, 2.75) is 37.7 Å². The first-order valence-corrected chi connectivity index (χ1v) is 9.28. The number of alkyl halides is 3. The number of carbonyl (C=O) groups is 1. The Kier molecular flexibility index (Phi) is 5.02. The summed E-state index contributed by atoms with van der Waals surface area (Å²) in [5.74, 6) is -0.181. The van der Waals surface area contributed by atoms with E-state index in [0.29, 0.717) is 17.0 Å². The number of hydrogen-bond acceptors (Lipinski definition) is 5. The molecule has 0 radical (unpaired) electrons. The first-order chi connectivity index (χ1) is 14.2. The smallest absolute Gasteiger partial charge is 0.410 e. The van der Waals surface area contributed by atoms with Crippen molar-refractivity contribution >= 4 is 17.4 Å². The zero-order valence-electron chi connectivity index (χ0n) is 15.8. The number of furan rings is 1. The molecule has 3 atom stereocenters. The number of halogens is 3. The summed E-state index contributed by atoms with van der Waals surface area (Å²) in [6, 6.07) is 8.39. The highest BCUT2D eigenvalue weighted by atomic mass is 19.4. The Morgan fingerprint density at radius 1 is 1.33 bits per heavy atom. The first kappa shape index (κ1) is 20.0. The zero-order chi connectivity index (χ0) is 21.5. The molecule has 0 saturated carbocycles. The number of amides is 1. The average molecular weight is 420 g/mol. The largest absolute Gasteiger partial charge is 0.467 e. The highest BCUT2D eigenvalue weighted by Gasteiger charge is 2.47. The van der Waals surface area contributed by atoms with Crippen LogP contribution >= 0.6 is 0 Å². The molecule has 0 bridgehead atoms. The van der Waals surface area contributed by atoms with Crippen molar-refractivity contribution in [3.05, 3.63) is 65.7 Å². The number of nitrogens with one attached hydrogen (secondary N) is 2. The van der Waals surface area contributed by atoms with Gasteiger partial charge in [0.05, 0.1) is 18.4 Å². The Labute approximate surface area is 169 Å². The highest BCUT2D eigenvalue weighted by Crippen LogP contribution is 2.43. The summed E-state index contributed by atoms with van der Waals surface area (Å²) in [6.07, 6.45) is -4.11. The van der Waals surface area contributed by atoms with Crippen LogP contribution in [0.2, 0.25) is 0 Å². The quantitative estimate of drug-likeness (QED) is 0.580. The second-order valence-electron chi connectivity index (χ2n) is 7.12. The lowest BCUT2D eigenvalue weighted by Crippen LogP contribution is -2.35. The van der Waals surface area contributed by atoms with Gasteiger partial charge in [0.1, 0.15) is 11.6 Å². The molecule has 158 valence electrons. The number of rotatable bonds is 4. The van der Waals surface area contributed by atoms with Crippen LogP contribution in [0, 0.1) is 0 Å². The monoisotopic (exact) mass is 420 g/mol. The van der Waals surface area contributed by atoms with Crippen molar-refractivity contribution in [2.75, 3.05) is 10.6 Å². The molecule has 3 aromatic rings. The second kappa shape index (κ2) is 7.52. The van der Waals surface area contributed by atoms with Crippen molar-refractivity contribution in [2.24, 2.45) is 0 Å². The number of benzene rings is 1. The SMILES string of the molecule is C[C@H](O)c1ccc(NC(=O)c2cc3n(n2)[C@@H](C(F)(F)F)C[C@H](c2ccco2)N3)cc1. The molecule has 1 aromatic carbocycles. The zero-order valence-corrected chi connectivity index (χ0v) is 15.8. The van der Waals surface area contributed by atoms with Gasteiger partial charge in [-0.3, -0.25) is 4.79 Å². The fourth-order valence-corrected chi connectivity index (χ4v) is 3.40. The van der Waals surface area contributed by atoms with Crippen molar-refractivity contribution < 1.29 is 27.5 Å². The van der Waals surface area contributed by atoms with E-state index in [0.717, 1.165) is 4.68 Å². The molecular formula is C20H19F3N4O3. The molecule has 0 unspecified atom stereocenters. The molecule has 1 amide bonds. The summed E-state index contributed by atoms with van der Waals surface area (Å²) in [7, 11) is 0. The molecule has 4 rings (SSSR count). The minimum absolute atomic E-state index is 0.0829. The van der Waals surface area contributed by atoms with Crippen LogP contribution in [0.1, 0.15) is 53.3 Å². The molecule has 1 aliphatic heterocycles. The number of hydrogen-bond donors (Lipinski definition) is 3. The van der Waals surface area contributed by atoms with E-state index in [1.807, 2.05) is 0 Å². The van der Waals surface area contributed by atoms with Gasteiger partial charge in [-0.2, -0.15) is 18.3 Å². The van der Waals surface area contributed by atoms with Gasteiger partial charge >= 0.3 is 6.18 Å². The lowest BCUT2D eigenvalue weighted by atomic mass is 10.0. The van der Waals surface area contributed by atoms with Crippen LogP contribution in [0.4, 0.5) is 24.7 Å². The van der Waals surface area contributed by atoms with Gasteiger partial charge in [0.2, 0.25) is 0 Å². The second-order valence-corrected chi connectivity index (χ2v) is 7.12. The summed E-state index contributed by atoms with van der Waals surface area (Å²) in [4.78, 5) is 12.6. The molecule has 0 aliphatic carbocycles. The van der Waals surface area contributed by atoms with Gasteiger partial charge in [-0.05, 0) is 36.8 Å². The van der Waals surface area contributed by atoms with Gasteiger partial charge < -0.3 is 20.2 Å². The molecule has 1 aliphatic rings. The van der Waals surface area contributed by atoms with Crippen LogP contribution in [0.15, 0.2) is 53.1 Å². The Morgan fingerprint density at radius 3 is 2.67 bits per heavy atom. The molecule has 0 fully saturated rings. The van der Waals surface area contributed by atoms with Crippen molar-refractivity contribution in [1.82, 2.24) is 9.78 Å². The average Bonchev–Trinajstić information content (AvgIpc) is 3.36. The number of nitrogens with zero attached hydrogens (tertiary/aromatic N) is 2. The Bertz CT molecular complexity index is 1030. The number of aliphatic hydroxyl groups is 1. The minimum Gasteiger partial charge on any atom is -0.467 e. The number of anilines is 2.